The molecule has 168 valence electrons. The molecular weight excluding hydrogens is 448 g/mol. The summed E-state index contributed by atoms with van der Waals surface area (Å²) in [6.45, 7) is 1.38. The number of halogens is 1. The van der Waals surface area contributed by atoms with Crippen molar-refractivity contribution in [1.82, 2.24) is 0 Å². The highest BCUT2D eigenvalue weighted by atomic mass is 35.5. The predicted molar refractivity (Wildman–Crippen MR) is 122 cm³/mol. The smallest absolute Gasteiger partial charge is 0.300 e. The Balaban J connectivity index is 1.84. The predicted octanol–water partition coefficient (Wildman–Crippen LogP) is 4.53. The van der Waals surface area contributed by atoms with Gasteiger partial charge in [0.05, 0.1) is 24.0 Å². The van der Waals surface area contributed by atoms with E-state index in [2.05, 4.69) is 5.32 Å². The normalized spacial score (nSPS) is 17.3. The zero-order valence-corrected chi connectivity index (χ0v) is 18.4. The van der Waals surface area contributed by atoms with E-state index < -0.39 is 23.5 Å². The van der Waals surface area contributed by atoms with Crippen molar-refractivity contribution in [3.05, 3.63) is 82.8 Å². The highest BCUT2D eigenvalue weighted by Gasteiger charge is 2.48. The Hall–Kier alpha value is -4.04. The Morgan fingerprint density at radius 2 is 1.88 bits per heavy atom. The molecule has 2 aromatic carbocycles. The van der Waals surface area contributed by atoms with E-state index in [1.807, 2.05) is 0 Å². The number of aliphatic hydroxyl groups excluding tert-OH is 1. The minimum atomic E-state index is -1.01. The number of amides is 2. The Labute approximate surface area is 194 Å². The molecule has 1 atom stereocenters. The summed E-state index contributed by atoms with van der Waals surface area (Å²) < 4.78 is 10.7. The van der Waals surface area contributed by atoms with Crippen LogP contribution in [0.25, 0.3) is 5.76 Å². The van der Waals surface area contributed by atoms with Crippen LogP contribution in [0.1, 0.15) is 24.3 Å². The zero-order valence-electron chi connectivity index (χ0n) is 17.7. The van der Waals surface area contributed by atoms with Crippen LogP contribution >= 0.6 is 11.6 Å². The third kappa shape index (κ3) is 4.08. The number of anilines is 2. The summed E-state index contributed by atoms with van der Waals surface area (Å²) in [6.07, 6.45) is 1.42. The zero-order chi connectivity index (χ0) is 23.7. The second-order valence-corrected chi connectivity index (χ2v) is 7.67. The number of hydrogen-bond donors (Lipinski definition) is 2. The average molecular weight is 467 g/mol. The fourth-order valence-electron chi connectivity index (χ4n) is 3.69. The number of benzene rings is 2. The summed E-state index contributed by atoms with van der Waals surface area (Å²) in [5, 5.41) is 13.9. The van der Waals surface area contributed by atoms with Crippen molar-refractivity contribution in [3.8, 4) is 5.75 Å². The van der Waals surface area contributed by atoms with Crippen LogP contribution in [0.2, 0.25) is 5.02 Å². The monoisotopic (exact) mass is 466 g/mol. The molecule has 0 aliphatic carbocycles. The maximum absolute atomic E-state index is 13.1. The van der Waals surface area contributed by atoms with Gasteiger partial charge in [-0.1, -0.05) is 11.6 Å². The van der Waals surface area contributed by atoms with Crippen molar-refractivity contribution in [3.63, 3.8) is 0 Å². The molecule has 0 spiro atoms. The fourth-order valence-corrected chi connectivity index (χ4v) is 3.95. The van der Waals surface area contributed by atoms with Crippen molar-refractivity contribution < 1.29 is 28.6 Å². The first-order chi connectivity index (χ1) is 15.8. The lowest BCUT2D eigenvalue weighted by atomic mass is 9.99. The van der Waals surface area contributed by atoms with Gasteiger partial charge in [-0.05, 0) is 54.6 Å². The third-order valence-corrected chi connectivity index (χ3v) is 5.44. The van der Waals surface area contributed by atoms with Gasteiger partial charge in [0, 0.05) is 23.9 Å². The van der Waals surface area contributed by atoms with Crippen LogP contribution in [-0.2, 0) is 14.4 Å². The van der Waals surface area contributed by atoms with Gasteiger partial charge < -0.3 is 19.6 Å². The quantitative estimate of drug-likeness (QED) is 0.325. The van der Waals surface area contributed by atoms with E-state index in [-0.39, 0.29) is 22.1 Å². The van der Waals surface area contributed by atoms with E-state index in [9.17, 15) is 19.5 Å². The van der Waals surface area contributed by atoms with Crippen molar-refractivity contribution >= 4 is 46.3 Å². The lowest BCUT2D eigenvalue weighted by Crippen LogP contribution is -2.29. The van der Waals surface area contributed by atoms with Gasteiger partial charge in [0.15, 0.2) is 0 Å². The molecule has 2 N–H and O–H groups in total. The molecule has 1 saturated heterocycles. The fraction of sp³-hybridized carbons (Fsp3) is 0.125. The number of ether oxygens (including phenoxy) is 1. The van der Waals surface area contributed by atoms with E-state index in [0.717, 1.165) is 0 Å². The summed E-state index contributed by atoms with van der Waals surface area (Å²) in [5.41, 5.74) is 1.03. The van der Waals surface area contributed by atoms with Gasteiger partial charge in [-0.25, -0.2) is 0 Å². The van der Waals surface area contributed by atoms with E-state index in [0.29, 0.717) is 22.9 Å². The van der Waals surface area contributed by atoms with E-state index in [1.54, 1.807) is 42.5 Å². The van der Waals surface area contributed by atoms with Crippen molar-refractivity contribution in [2.75, 3.05) is 17.3 Å². The Kier molecular flexibility index (Phi) is 5.93. The standard InChI is InChI=1S/C24H19ClN2O6/c1-13(28)26-15-6-8-16(9-7-15)27-21(19-4-3-11-33-19)20(23(30)24(27)31)22(29)14-5-10-18(32-2)17(25)12-14/h3-12,21,29H,1-2H3,(H,26,28)/b22-20-. The number of Topliss-reactive ketones (excluding diaryl/α,β-unsaturated/α-hetero) is 1. The maximum atomic E-state index is 13.1. The number of furan rings is 1. The lowest BCUT2D eigenvalue weighted by molar-refractivity contribution is -0.132. The number of nitrogens with zero attached hydrogens (tertiary/aromatic N) is 1. The third-order valence-electron chi connectivity index (χ3n) is 5.15. The molecule has 4 rings (SSSR count). The Bertz CT molecular complexity index is 1260. The van der Waals surface area contributed by atoms with Crippen LogP contribution in [-0.4, -0.2) is 29.8 Å². The van der Waals surface area contributed by atoms with Gasteiger partial charge in [-0.15, -0.1) is 0 Å². The molecule has 1 fully saturated rings. The van der Waals surface area contributed by atoms with Crippen molar-refractivity contribution in [2.24, 2.45) is 0 Å². The molecule has 0 bridgehead atoms. The molecule has 9 heteroatoms. The number of carbonyl (C=O) groups is 3. The van der Waals surface area contributed by atoms with E-state index >= 15 is 0 Å². The van der Waals surface area contributed by atoms with E-state index in [4.69, 9.17) is 20.8 Å². The Morgan fingerprint density at radius 3 is 2.45 bits per heavy atom. The highest BCUT2D eigenvalue weighted by Crippen LogP contribution is 2.43. The largest absolute Gasteiger partial charge is 0.507 e. The average Bonchev–Trinajstić information content (AvgIpc) is 3.40. The lowest BCUT2D eigenvalue weighted by Gasteiger charge is -2.23. The maximum Gasteiger partial charge on any atom is 0.300 e. The first kappa shape index (κ1) is 22.2. The molecule has 1 aliphatic heterocycles. The summed E-state index contributed by atoms with van der Waals surface area (Å²) in [6, 6.07) is 13.2. The SMILES string of the molecule is COc1ccc(/C(O)=C2/C(=O)C(=O)N(c3ccc(NC(C)=O)cc3)C2c2ccco2)cc1Cl. The molecule has 3 aromatic rings. The van der Waals surface area contributed by atoms with Gasteiger partial charge in [0.25, 0.3) is 11.7 Å². The van der Waals surface area contributed by atoms with Crippen LogP contribution in [0.4, 0.5) is 11.4 Å². The van der Waals surface area contributed by atoms with E-state index in [1.165, 1.54) is 37.3 Å². The number of hydrogen-bond acceptors (Lipinski definition) is 6. The first-order valence-corrected chi connectivity index (χ1v) is 10.3. The number of methoxy groups -OCH3 is 1. The molecule has 1 aliphatic rings. The number of rotatable bonds is 5. The van der Waals surface area contributed by atoms with Crippen LogP contribution in [0.15, 0.2) is 70.9 Å². The van der Waals surface area contributed by atoms with Crippen LogP contribution in [0, 0.1) is 0 Å². The summed E-state index contributed by atoms with van der Waals surface area (Å²) in [4.78, 5) is 38.7. The van der Waals surface area contributed by atoms with Gasteiger partial charge >= 0.3 is 0 Å². The van der Waals surface area contributed by atoms with Gasteiger partial charge in [0.2, 0.25) is 5.91 Å². The van der Waals surface area contributed by atoms with Gasteiger partial charge in [0.1, 0.15) is 23.3 Å². The molecule has 33 heavy (non-hydrogen) atoms. The first-order valence-electron chi connectivity index (χ1n) is 9.87. The second kappa shape index (κ2) is 8.84. The summed E-state index contributed by atoms with van der Waals surface area (Å²) in [5.74, 6) is -1.64. The molecular formula is C24H19ClN2O6. The van der Waals surface area contributed by atoms with Gasteiger partial charge in [-0.3, -0.25) is 19.3 Å². The van der Waals surface area contributed by atoms with Crippen LogP contribution < -0.4 is 15.0 Å². The second-order valence-electron chi connectivity index (χ2n) is 7.26. The molecule has 2 amide bonds. The number of nitrogens with one attached hydrogen (secondary N) is 1. The molecule has 0 radical (unpaired) electrons. The highest BCUT2D eigenvalue weighted by molar-refractivity contribution is 6.51. The number of aliphatic hydroxyl groups is 1. The summed E-state index contributed by atoms with van der Waals surface area (Å²) >= 11 is 6.19. The van der Waals surface area contributed by atoms with Crippen molar-refractivity contribution in [2.45, 2.75) is 13.0 Å². The minimum Gasteiger partial charge on any atom is -0.507 e. The van der Waals surface area contributed by atoms with Crippen molar-refractivity contribution in [1.29, 1.82) is 0 Å². The Morgan fingerprint density at radius 1 is 1.15 bits per heavy atom. The number of ketones is 1. The molecule has 8 nitrogen and oxygen atoms in total. The van der Waals surface area contributed by atoms with Crippen LogP contribution in [0.5, 0.6) is 5.75 Å². The van der Waals surface area contributed by atoms with Gasteiger partial charge in [-0.2, -0.15) is 0 Å². The molecule has 1 aromatic heterocycles. The minimum absolute atomic E-state index is 0.137. The topological polar surface area (TPSA) is 109 Å². The molecule has 2 heterocycles. The number of carbonyl (C=O) groups excluding carboxylic acids is 3. The molecule has 1 unspecified atom stereocenters. The van der Waals surface area contributed by atoms with Crippen LogP contribution in [0.3, 0.4) is 0 Å². The molecule has 0 saturated carbocycles. The summed E-state index contributed by atoms with van der Waals surface area (Å²) in [7, 11) is 1.46.